The van der Waals surface area contributed by atoms with Crippen molar-refractivity contribution in [3.8, 4) is 0 Å². The van der Waals surface area contributed by atoms with Gasteiger partial charge >= 0.3 is 0 Å². The molecule has 1 atom stereocenters. The molecular formula is C13H19BrN2O2. The lowest BCUT2D eigenvalue weighted by atomic mass is 9.89. The molecule has 5 heteroatoms. The molecule has 0 spiro atoms. The highest BCUT2D eigenvalue weighted by molar-refractivity contribution is 9.10. The zero-order valence-corrected chi connectivity index (χ0v) is 12.5. The molecule has 0 saturated carbocycles. The quantitative estimate of drug-likeness (QED) is 0.821. The first-order chi connectivity index (χ1) is 8.37. The zero-order chi connectivity index (χ0) is 13.8. The highest BCUT2D eigenvalue weighted by Crippen LogP contribution is 2.23. The number of anilines is 1. The fourth-order valence-electron chi connectivity index (χ4n) is 1.80. The summed E-state index contributed by atoms with van der Waals surface area (Å²) in [5.41, 5.74) is -0.693. The Morgan fingerprint density at radius 3 is 2.78 bits per heavy atom. The number of nitrogens with zero attached hydrogens (tertiary/aromatic N) is 1. The van der Waals surface area contributed by atoms with Gasteiger partial charge in [0.1, 0.15) is 10.2 Å². The van der Waals surface area contributed by atoms with Crippen LogP contribution in [-0.2, 0) is 4.79 Å². The number of pyridine rings is 1. The summed E-state index contributed by atoms with van der Waals surface area (Å²) in [7, 11) is 0. The van der Waals surface area contributed by atoms with E-state index in [-0.39, 0.29) is 11.8 Å². The molecule has 0 aromatic carbocycles. The second-order valence-corrected chi connectivity index (χ2v) is 5.62. The van der Waals surface area contributed by atoms with Gasteiger partial charge in [-0.1, -0.05) is 20.8 Å². The third-order valence-electron chi connectivity index (χ3n) is 2.74. The van der Waals surface area contributed by atoms with E-state index in [1.165, 1.54) is 0 Å². The van der Waals surface area contributed by atoms with E-state index in [1.54, 1.807) is 18.3 Å². The van der Waals surface area contributed by atoms with Gasteiger partial charge in [0.15, 0.2) is 0 Å². The number of rotatable bonds is 5. The summed E-state index contributed by atoms with van der Waals surface area (Å²) in [5.74, 6) is -0.110. The highest BCUT2D eigenvalue weighted by atomic mass is 79.9. The Hall–Kier alpha value is -0.940. The van der Waals surface area contributed by atoms with Crippen LogP contribution in [0.4, 0.5) is 5.69 Å². The average Bonchev–Trinajstić information content (AvgIpc) is 2.27. The Morgan fingerprint density at radius 1 is 1.61 bits per heavy atom. The van der Waals surface area contributed by atoms with Crippen LogP contribution in [0, 0.1) is 5.92 Å². The Bertz CT molecular complexity index is 423. The van der Waals surface area contributed by atoms with Gasteiger partial charge < -0.3 is 10.4 Å². The van der Waals surface area contributed by atoms with E-state index in [9.17, 15) is 9.90 Å². The van der Waals surface area contributed by atoms with E-state index in [2.05, 4.69) is 26.2 Å². The second kappa shape index (κ2) is 6.29. The average molecular weight is 315 g/mol. The van der Waals surface area contributed by atoms with E-state index < -0.39 is 5.60 Å². The fraction of sp³-hybridized carbons (Fsp3) is 0.538. The van der Waals surface area contributed by atoms with Crippen molar-refractivity contribution in [2.45, 2.75) is 39.2 Å². The molecule has 0 fully saturated rings. The lowest BCUT2D eigenvalue weighted by Gasteiger charge is -2.27. The van der Waals surface area contributed by atoms with Crippen molar-refractivity contribution in [3.63, 3.8) is 0 Å². The van der Waals surface area contributed by atoms with Crippen LogP contribution >= 0.6 is 15.9 Å². The van der Waals surface area contributed by atoms with Crippen LogP contribution in [0.3, 0.4) is 0 Å². The molecule has 0 aliphatic heterocycles. The number of nitrogens with one attached hydrogen (secondary N) is 1. The van der Waals surface area contributed by atoms with E-state index in [4.69, 9.17) is 0 Å². The van der Waals surface area contributed by atoms with Crippen LogP contribution in [0.1, 0.15) is 33.6 Å². The monoisotopic (exact) mass is 314 g/mol. The first-order valence-electron chi connectivity index (χ1n) is 6.03. The Morgan fingerprint density at radius 2 is 2.28 bits per heavy atom. The van der Waals surface area contributed by atoms with Crippen molar-refractivity contribution in [1.82, 2.24) is 4.98 Å². The summed E-state index contributed by atoms with van der Waals surface area (Å²) in [6.07, 6.45) is 2.43. The lowest BCUT2D eigenvalue weighted by Crippen LogP contribution is -2.43. The molecule has 1 aromatic rings. The summed E-state index contributed by atoms with van der Waals surface area (Å²) in [6, 6.07) is 3.39. The largest absolute Gasteiger partial charge is 0.380 e. The summed E-state index contributed by atoms with van der Waals surface area (Å²) in [4.78, 5) is 16.1. The van der Waals surface area contributed by atoms with Gasteiger partial charge in [-0.25, -0.2) is 4.98 Å². The normalized spacial score (nSPS) is 14.3. The van der Waals surface area contributed by atoms with Crippen molar-refractivity contribution in [2.75, 3.05) is 5.32 Å². The molecular weight excluding hydrogens is 296 g/mol. The molecule has 0 radical (unpaired) electrons. The maximum atomic E-state index is 12.1. The maximum Gasteiger partial charge on any atom is 0.256 e. The SMILES string of the molecule is CCC(O)(CC(C)C)C(=O)Nc1ccnc(Br)c1. The third-order valence-corrected chi connectivity index (χ3v) is 3.17. The molecule has 1 amide bonds. The van der Waals surface area contributed by atoms with E-state index in [1.807, 2.05) is 20.8 Å². The molecule has 1 heterocycles. The predicted molar refractivity (Wildman–Crippen MR) is 75.3 cm³/mol. The first-order valence-corrected chi connectivity index (χ1v) is 6.82. The molecule has 0 saturated heterocycles. The topological polar surface area (TPSA) is 62.2 Å². The third kappa shape index (κ3) is 4.07. The van der Waals surface area contributed by atoms with Crippen molar-refractivity contribution >= 4 is 27.5 Å². The minimum absolute atomic E-state index is 0.255. The Labute approximate surface area is 116 Å². The molecule has 0 aliphatic rings. The summed E-state index contributed by atoms with van der Waals surface area (Å²) >= 11 is 3.23. The maximum absolute atomic E-state index is 12.1. The fourth-order valence-corrected chi connectivity index (χ4v) is 2.17. The number of carbonyl (C=O) groups excluding carboxylic acids is 1. The standard InChI is InChI=1S/C13H19BrN2O2/c1-4-13(18,8-9(2)3)12(17)16-10-5-6-15-11(14)7-10/h5-7,9,18H,4,8H2,1-3H3,(H,15,16,17). The van der Waals surface area contributed by atoms with Crippen LogP contribution in [-0.4, -0.2) is 21.6 Å². The summed E-state index contributed by atoms with van der Waals surface area (Å²) in [6.45, 7) is 5.78. The van der Waals surface area contributed by atoms with Gasteiger partial charge in [-0.3, -0.25) is 4.79 Å². The molecule has 1 unspecified atom stereocenters. The number of hydrogen-bond acceptors (Lipinski definition) is 3. The number of aliphatic hydroxyl groups is 1. The van der Waals surface area contributed by atoms with Crippen LogP contribution in [0.25, 0.3) is 0 Å². The molecule has 100 valence electrons. The van der Waals surface area contributed by atoms with Gasteiger partial charge in [0.25, 0.3) is 5.91 Å². The highest BCUT2D eigenvalue weighted by Gasteiger charge is 2.34. The molecule has 18 heavy (non-hydrogen) atoms. The van der Waals surface area contributed by atoms with Crippen molar-refractivity contribution in [2.24, 2.45) is 5.92 Å². The zero-order valence-electron chi connectivity index (χ0n) is 10.9. The first kappa shape index (κ1) is 15.1. The summed E-state index contributed by atoms with van der Waals surface area (Å²) in [5, 5.41) is 13.1. The van der Waals surface area contributed by atoms with Crippen molar-refractivity contribution < 1.29 is 9.90 Å². The van der Waals surface area contributed by atoms with Gasteiger partial charge in [-0.15, -0.1) is 0 Å². The molecule has 0 aliphatic carbocycles. The number of aromatic nitrogens is 1. The number of halogens is 1. The number of hydrogen-bond donors (Lipinski definition) is 2. The van der Waals surface area contributed by atoms with Crippen LogP contribution in [0.2, 0.25) is 0 Å². The van der Waals surface area contributed by atoms with Gasteiger partial charge in [-0.2, -0.15) is 0 Å². The molecule has 1 rings (SSSR count). The minimum Gasteiger partial charge on any atom is -0.380 e. The number of amides is 1. The van der Waals surface area contributed by atoms with Crippen LogP contribution < -0.4 is 5.32 Å². The molecule has 0 bridgehead atoms. The Balaban J connectivity index is 2.80. The molecule has 4 nitrogen and oxygen atoms in total. The van der Waals surface area contributed by atoms with Gasteiger partial charge in [0, 0.05) is 11.9 Å². The van der Waals surface area contributed by atoms with Gasteiger partial charge in [0.2, 0.25) is 0 Å². The van der Waals surface area contributed by atoms with Crippen LogP contribution in [0.5, 0.6) is 0 Å². The second-order valence-electron chi connectivity index (χ2n) is 4.80. The van der Waals surface area contributed by atoms with E-state index in [0.717, 1.165) is 0 Å². The van der Waals surface area contributed by atoms with Gasteiger partial charge in [-0.05, 0) is 46.8 Å². The van der Waals surface area contributed by atoms with Gasteiger partial charge in [0.05, 0.1) is 0 Å². The predicted octanol–water partition coefficient (Wildman–Crippen LogP) is 2.97. The van der Waals surface area contributed by atoms with E-state index in [0.29, 0.717) is 23.1 Å². The van der Waals surface area contributed by atoms with Crippen molar-refractivity contribution in [1.29, 1.82) is 0 Å². The number of carbonyl (C=O) groups is 1. The summed E-state index contributed by atoms with van der Waals surface area (Å²) < 4.78 is 0.643. The molecule has 2 N–H and O–H groups in total. The lowest BCUT2D eigenvalue weighted by molar-refractivity contribution is -0.136. The molecule has 1 aromatic heterocycles. The smallest absolute Gasteiger partial charge is 0.256 e. The van der Waals surface area contributed by atoms with Crippen molar-refractivity contribution in [3.05, 3.63) is 22.9 Å². The van der Waals surface area contributed by atoms with Crippen LogP contribution in [0.15, 0.2) is 22.9 Å². The minimum atomic E-state index is -1.32. The van der Waals surface area contributed by atoms with E-state index >= 15 is 0 Å². The Kier molecular flexibility index (Phi) is 5.28.